The van der Waals surface area contributed by atoms with Crippen molar-refractivity contribution in [1.29, 1.82) is 0 Å². The van der Waals surface area contributed by atoms with Gasteiger partial charge in [-0.25, -0.2) is 9.78 Å². The lowest BCUT2D eigenvalue weighted by Gasteiger charge is -1.95. The topological polar surface area (TPSA) is 31.0 Å². The van der Waals surface area contributed by atoms with Gasteiger partial charge < -0.3 is 4.74 Å². The second-order valence-corrected chi connectivity index (χ2v) is 1.53. The highest BCUT2D eigenvalue weighted by Gasteiger charge is 2.24. The summed E-state index contributed by atoms with van der Waals surface area (Å²) >= 11 is 0. The van der Waals surface area contributed by atoms with Gasteiger partial charge in [-0.1, -0.05) is 6.92 Å². The van der Waals surface area contributed by atoms with Crippen LogP contribution in [0.25, 0.3) is 0 Å². The van der Waals surface area contributed by atoms with E-state index in [1.165, 1.54) is 0 Å². The first-order valence-electron chi connectivity index (χ1n) is 2.62. The predicted molar refractivity (Wildman–Crippen MR) is 26.8 cm³/mol. The number of ether oxygens (including phenoxy) is 1. The fourth-order valence-corrected chi connectivity index (χ4v) is 0.278. The summed E-state index contributed by atoms with van der Waals surface area (Å²) < 4.78 is 4.69. The highest BCUT2D eigenvalue weighted by Crippen LogP contribution is 2.09. The minimum atomic E-state index is -0.0958. The van der Waals surface area contributed by atoms with Gasteiger partial charge in [0.25, 0.3) is 0 Å². The molecule has 1 heterocycles. The maximum Gasteiger partial charge on any atom is 0.215 e. The fraction of sp³-hybridized carbons (Fsp3) is 0.800. The molecule has 8 heavy (non-hydrogen) atoms. The zero-order valence-electron chi connectivity index (χ0n) is 4.63. The first-order chi connectivity index (χ1) is 3.93. The van der Waals surface area contributed by atoms with Crippen LogP contribution in [0.15, 0.2) is 0 Å². The number of hydrogen-bond acceptors (Lipinski definition) is 3. The van der Waals surface area contributed by atoms with E-state index in [0.717, 1.165) is 6.42 Å². The van der Waals surface area contributed by atoms with Crippen LogP contribution in [0.3, 0.4) is 0 Å². The number of epoxide rings is 1. The van der Waals surface area contributed by atoms with E-state index in [9.17, 15) is 0 Å². The second-order valence-electron chi connectivity index (χ2n) is 1.53. The standard InChI is InChI=1S/C5H9O3/c1-2-3-7-8-5-4-6-5/h5H,1-4H2. The van der Waals surface area contributed by atoms with E-state index >= 15 is 0 Å². The van der Waals surface area contributed by atoms with Gasteiger partial charge in [0.05, 0.1) is 6.61 Å². The minimum absolute atomic E-state index is 0.0958. The maximum atomic E-state index is 4.69. The maximum absolute atomic E-state index is 4.69. The molecule has 0 saturated carbocycles. The van der Waals surface area contributed by atoms with E-state index < -0.39 is 0 Å². The summed E-state index contributed by atoms with van der Waals surface area (Å²) in [6.07, 6.45) is 0.633. The van der Waals surface area contributed by atoms with Gasteiger partial charge in [-0.2, -0.15) is 0 Å². The molecule has 1 radical (unpaired) electrons. The molecule has 1 atom stereocenters. The van der Waals surface area contributed by atoms with Crippen LogP contribution in [0.1, 0.15) is 6.42 Å². The molecule has 0 spiro atoms. The van der Waals surface area contributed by atoms with Crippen molar-refractivity contribution in [1.82, 2.24) is 0 Å². The van der Waals surface area contributed by atoms with Crippen molar-refractivity contribution >= 4 is 0 Å². The quantitative estimate of drug-likeness (QED) is 0.233. The van der Waals surface area contributed by atoms with Gasteiger partial charge in [-0.15, -0.1) is 0 Å². The Morgan fingerprint density at radius 3 is 3.00 bits per heavy atom. The van der Waals surface area contributed by atoms with Crippen LogP contribution < -0.4 is 0 Å². The molecule has 1 unspecified atom stereocenters. The predicted octanol–water partition coefficient (Wildman–Crippen LogP) is 0.515. The van der Waals surface area contributed by atoms with Crippen LogP contribution in [0.5, 0.6) is 0 Å². The molecule has 1 rings (SSSR count). The molecule has 0 N–H and O–H groups in total. The van der Waals surface area contributed by atoms with E-state index in [0.29, 0.717) is 13.2 Å². The van der Waals surface area contributed by atoms with Crippen molar-refractivity contribution < 1.29 is 14.5 Å². The first kappa shape index (κ1) is 6.01. The number of hydrogen-bond donors (Lipinski definition) is 0. The Morgan fingerprint density at radius 2 is 2.50 bits per heavy atom. The highest BCUT2D eigenvalue weighted by molar-refractivity contribution is 4.51. The molecule has 0 bridgehead atoms. The summed E-state index contributed by atoms with van der Waals surface area (Å²) in [5, 5.41) is 0. The van der Waals surface area contributed by atoms with E-state index in [1.807, 2.05) is 0 Å². The smallest absolute Gasteiger partial charge is 0.215 e. The zero-order valence-corrected chi connectivity index (χ0v) is 4.63. The molecule has 0 aromatic heterocycles. The molecular weight excluding hydrogens is 108 g/mol. The lowest BCUT2D eigenvalue weighted by Crippen LogP contribution is -1.97. The van der Waals surface area contributed by atoms with Gasteiger partial charge >= 0.3 is 0 Å². The molecule has 0 amide bonds. The third kappa shape index (κ3) is 2.26. The average molecular weight is 117 g/mol. The van der Waals surface area contributed by atoms with Crippen LogP contribution in [0.2, 0.25) is 0 Å². The first-order valence-corrected chi connectivity index (χ1v) is 2.62. The molecule has 1 saturated heterocycles. The molecule has 0 aliphatic carbocycles. The Hall–Kier alpha value is -0.120. The fourth-order valence-electron chi connectivity index (χ4n) is 0.278. The van der Waals surface area contributed by atoms with Gasteiger partial charge in [0.2, 0.25) is 6.29 Å². The summed E-state index contributed by atoms with van der Waals surface area (Å²) in [6, 6.07) is 0. The Bertz CT molecular complexity index is 60.7. The van der Waals surface area contributed by atoms with Crippen LogP contribution in [0.4, 0.5) is 0 Å². The third-order valence-corrected chi connectivity index (χ3v) is 0.706. The van der Waals surface area contributed by atoms with Crippen molar-refractivity contribution in [3.63, 3.8) is 0 Å². The SMILES string of the molecule is [CH2]CCOOC1CO1. The third-order valence-electron chi connectivity index (χ3n) is 0.706. The van der Waals surface area contributed by atoms with Gasteiger partial charge in [-0.05, 0) is 6.42 Å². The molecular formula is C5H9O3. The van der Waals surface area contributed by atoms with Crippen LogP contribution >= 0.6 is 0 Å². The van der Waals surface area contributed by atoms with Crippen molar-refractivity contribution in [2.45, 2.75) is 12.7 Å². The van der Waals surface area contributed by atoms with Crippen LogP contribution in [-0.4, -0.2) is 19.5 Å². The van der Waals surface area contributed by atoms with E-state index in [2.05, 4.69) is 21.4 Å². The average Bonchev–Trinajstić information content (AvgIpc) is 2.51. The molecule has 3 nitrogen and oxygen atoms in total. The van der Waals surface area contributed by atoms with Crippen molar-refractivity contribution in [3.05, 3.63) is 6.92 Å². The molecule has 0 aromatic carbocycles. The summed E-state index contributed by atoms with van der Waals surface area (Å²) in [6.45, 7) is 4.76. The van der Waals surface area contributed by atoms with E-state index in [1.54, 1.807) is 0 Å². The molecule has 1 aliphatic rings. The monoisotopic (exact) mass is 117 g/mol. The lowest BCUT2D eigenvalue weighted by molar-refractivity contribution is -0.319. The highest BCUT2D eigenvalue weighted by atomic mass is 17.2. The van der Waals surface area contributed by atoms with Crippen LogP contribution in [-0.2, 0) is 14.5 Å². The molecule has 3 heteroatoms. The zero-order chi connectivity index (χ0) is 5.82. The normalized spacial score (nSPS) is 25.9. The molecule has 1 fully saturated rings. The minimum Gasteiger partial charge on any atom is -0.342 e. The van der Waals surface area contributed by atoms with Gasteiger partial charge in [0.1, 0.15) is 6.61 Å². The Morgan fingerprint density at radius 1 is 1.75 bits per heavy atom. The van der Waals surface area contributed by atoms with Gasteiger partial charge in [-0.3, -0.25) is 0 Å². The van der Waals surface area contributed by atoms with E-state index in [-0.39, 0.29) is 6.29 Å². The lowest BCUT2D eigenvalue weighted by atomic mass is 10.5. The Kier molecular flexibility index (Phi) is 2.27. The Balaban J connectivity index is 1.74. The Labute approximate surface area is 48.5 Å². The summed E-state index contributed by atoms with van der Waals surface area (Å²) in [5.41, 5.74) is 0. The summed E-state index contributed by atoms with van der Waals surface area (Å²) in [5.74, 6) is 0. The largest absolute Gasteiger partial charge is 0.342 e. The van der Waals surface area contributed by atoms with Crippen molar-refractivity contribution in [3.8, 4) is 0 Å². The summed E-state index contributed by atoms with van der Waals surface area (Å²) in [7, 11) is 0. The molecule has 1 aliphatic heterocycles. The van der Waals surface area contributed by atoms with Crippen LogP contribution in [0, 0.1) is 6.92 Å². The molecule has 47 valence electrons. The summed E-state index contributed by atoms with van der Waals surface area (Å²) in [4.78, 5) is 9.25. The molecule has 0 aromatic rings. The second kappa shape index (κ2) is 3.02. The van der Waals surface area contributed by atoms with E-state index in [4.69, 9.17) is 0 Å². The van der Waals surface area contributed by atoms with Gasteiger partial charge in [0, 0.05) is 0 Å². The van der Waals surface area contributed by atoms with Crippen molar-refractivity contribution in [2.24, 2.45) is 0 Å². The van der Waals surface area contributed by atoms with Gasteiger partial charge in [0.15, 0.2) is 0 Å². The number of rotatable bonds is 4. The van der Waals surface area contributed by atoms with Crippen molar-refractivity contribution in [2.75, 3.05) is 13.2 Å².